The average molecular weight is 237 g/mol. The Morgan fingerprint density at radius 3 is 2.94 bits per heavy atom. The normalized spacial score (nSPS) is 19.6. The Hall–Kier alpha value is -1.78. The van der Waals surface area contributed by atoms with Crippen LogP contribution in [0.5, 0.6) is 0 Å². The first-order valence-electron chi connectivity index (χ1n) is 5.66. The van der Waals surface area contributed by atoms with Crippen molar-refractivity contribution in [2.45, 2.75) is 32.2 Å². The molecule has 0 aliphatic carbocycles. The van der Waals surface area contributed by atoms with Gasteiger partial charge in [-0.2, -0.15) is 0 Å². The Morgan fingerprint density at radius 1 is 1.59 bits per heavy atom. The minimum Gasteiger partial charge on any atom is -0.481 e. The van der Waals surface area contributed by atoms with Gasteiger partial charge < -0.3 is 14.4 Å². The number of aliphatic carboxylic acids is 1. The summed E-state index contributed by atoms with van der Waals surface area (Å²) >= 11 is 0. The Kier molecular flexibility index (Phi) is 3.17. The van der Waals surface area contributed by atoms with Crippen molar-refractivity contribution in [2.75, 3.05) is 6.54 Å². The van der Waals surface area contributed by atoms with E-state index in [1.165, 1.54) is 6.26 Å². The van der Waals surface area contributed by atoms with Gasteiger partial charge in [-0.05, 0) is 25.8 Å². The molecular weight excluding hydrogens is 222 g/mol. The molecule has 0 bridgehead atoms. The lowest BCUT2D eigenvalue weighted by molar-refractivity contribution is -0.137. The van der Waals surface area contributed by atoms with E-state index in [2.05, 4.69) is 0 Å². The molecule has 1 aliphatic rings. The second kappa shape index (κ2) is 4.61. The first kappa shape index (κ1) is 11.7. The van der Waals surface area contributed by atoms with Crippen molar-refractivity contribution in [1.82, 2.24) is 4.90 Å². The number of carboxylic acids is 1. The zero-order chi connectivity index (χ0) is 12.4. The fourth-order valence-electron chi connectivity index (χ4n) is 2.28. The molecule has 0 spiro atoms. The third-order valence-electron chi connectivity index (χ3n) is 3.14. The van der Waals surface area contributed by atoms with E-state index in [-0.39, 0.29) is 18.4 Å². The zero-order valence-electron chi connectivity index (χ0n) is 9.68. The molecule has 1 unspecified atom stereocenters. The van der Waals surface area contributed by atoms with Crippen molar-refractivity contribution in [2.24, 2.45) is 0 Å². The van der Waals surface area contributed by atoms with Crippen LogP contribution in [-0.2, 0) is 4.79 Å². The summed E-state index contributed by atoms with van der Waals surface area (Å²) in [5.74, 6) is -0.408. The van der Waals surface area contributed by atoms with Crippen molar-refractivity contribution < 1.29 is 19.1 Å². The van der Waals surface area contributed by atoms with Crippen LogP contribution in [0.2, 0.25) is 0 Å². The number of aryl methyl sites for hydroxylation is 1. The molecule has 1 atom stereocenters. The van der Waals surface area contributed by atoms with Crippen LogP contribution in [0.25, 0.3) is 0 Å². The van der Waals surface area contributed by atoms with Crippen molar-refractivity contribution in [3.63, 3.8) is 0 Å². The molecule has 1 aliphatic heterocycles. The van der Waals surface area contributed by atoms with Crippen LogP contribution in [0.1, 0.15) is 35.4 Å². The number of amides is 1. The molecule has 5 heteroatoms. The SMILES string of the molecule is Cc1occc1C(=O)N1CCCC1CC(=O)O. The maximum atomic E-state index is 12.2. The van der Waals surface area contributed by atoms with Gasteiger partial charge in [0.25, 0.3) is 5.91 Å². The summed E-state index contributed by atoms with van der Waals surface area (Å²) in [5, 5.41) is 8.80. The summed E-state index contributed by atoms with van der Waals surface area (Å²) in [6.07, 6.45) is 3.11. The first-order valence-corrected chi connectivity index (χ1v) is 5.66. The Morgan fingerprint density at radius 2 is 2.35 bits per heavy atom. The summed E-state index contributed by atoms with van der Waals surface area (Å²) in [5.41, 5.74) is 0.530. The van der Waals surface area contributed by atoms with Gasteiger partial charge >= 0.3 is 5.97 Å². The predicted octanol–water partition coefficient (Wildman–Crippen LogP) is 1.67. The van der Waals surface area contributed by atoms with E-state index in [0.29, 0.717) is 17.9 Å². The van der Waals surface area contributed by atoms with Crippen LogP contribution in [0.15, 0.2) is 16.7 Å². The van der Waals surface area contributed by atoms with Gasteiger partial charge in [0.05, 0.1) is 18.2 Å². The highest BCUT2D eigenvalue weighted by atomic mass is 16.4. The number of nitrogens with zero attached hydrogens (tertiary/aromatic N) is 1. The van der Waals surface area contributed by atoms with Gasteiger partial charge in [-0.3, -0.25) is 9.59 Å². The molecule has 0 saturated carbocycles. The summed E-state index contributed by atoms with van der Waals surface area (Å²) in [4.78, 5) is 24.6. The van der Waals surface area contributed by atoms with Gasteiger partial charge in [0.15, 0.2) is 0 Å². The molecule has 1 fully saturated rings. The number of furan rings is 1. The second-order valence-corrected chi connectivity index (χ2v) is 4.28. The number of carboxylic acid groups (broad SMARTS) is 1. The molecule has 2 heterocycles. The lowest BCUT2D eigenvalue weighted by Gasteiger charge is -2.23. The Bertz CT molecular complexity index is 437. The molecular formula is C12H15NO4. The lowest BCUT2D eigenvalue weighted by Crippen LogP contribution is -2.36. The standard InChI is InChI=1S/C12H15NO4/c1-8-10(4-6-17-8)12(16)13-5-2-3-9(13)7-11(14)15/h4,6,9H,2-3,5,7H2,1H3,(H,14,15). The number of hydrogen-bond acceptors (Lipinski definition) is 3. The van der Waals surface area contributed by atoms with Gasteiger partial charge in [-0.15, -0.1) is 0 Å². The maximum Gasteiger partial charge on any atom is 0.305 e. The topological polar surface area (TPSA) is 70.8 Å². The Labute approximate surface area is 99.0 Å². The number of hydrogen-bond donors (Lipinski definition) is 1. The van der Waals surface area contributed by atoms with E-state index in [0.717, 1.165) is 12.8 Å². The van der Waals surface area contributed by atoms with Crippen molar-refractivity contribution in [3.8, 4) is 0 Å². The van der Waals surface area contributed by atoms with Gasteiger partial charge in [-0.25, -0.2) is 0 Å². The zero-order valence-corrected chi connectivity index (χ0v) is 9.68. The molecule has 1 N–H and O–H groups in total. The smallest absolute Gasteiger partial charge is 0.305 e. The number of carbonyl (C=O) groups excluding carboxylic acids is 1. The fraction of sp³-hybridized carbons (Fsp3) is 0.500. The monoisotopic (exact) mass is 237 g/mol. The second-order valence-electron chi connectivity index (χ2n) is 4.28. The third-order valence-corrected chi connectivity index (χ3v) is 3.14. The largest absolute Gasteiger partial charge is 0.481 e. The predicted molar refractivity (Wildman–Crippen MR) is 59.8 cm³/mol. The van der Waals surface area contributed by atoms with Gasteiger partial charge in [-0.1, -0.05) is 0 Å². The van der Waals surface area contributed by atoms with Crippen LogP contribution in [0.3, 0.4) is 0 Å². The van der Waals surface area contributed by atoms with Crippen LogP contribution in [0, 0.1) is 6.92 Å². The van der Waals surface area contributed by atoms with E-state index >= 15 is 0 Å². The number of likely N-dealkylation sites (tertiary alicyclic amines) is 1. The average Bonchev–Trinajstić information content (AvgIpc) is 2.85. The molecule has 92 valence electrons. The summed E-state index contributed by atoms with van der Waals surface area (Å²) in [6.45, 7) is 2.36. The van der Waals surface area contributed by atoms with Crippen molar-refractivity contribution in [1.29, 1.82) is 0 Å². The Balaban J connectivity index is 2.14. The molecule has 1 aromatic heterocycles. The fourth-order valence-corrected chi connectivity index (χ4v) is 2.28. The van der Waals surface area contributed by atoms with Gasteiger partial charge in [0.1, 0.15) is 5.76 Å². The van der Waals surface area contributed by atoms with Gasteiger partial charge in [0, 0.05) is 12.6 Å². The summed E-state index contributed by atoms with van der Waals surface area (Å²) in [7, 11) is 0. The first-order chi connectivity index (χ1) is 8.09. The minimum absolute atomic E-state index is 0.0165. The lowest BCUT2D eigenvalue weighted by atomic mass is 10.1. The molecule has 2 rings (SSSR count). The molecule has 0 aromatic carbocycles. The minimum atomic E-state index is -0.862. The highest BCUT2D eigenvalue weighted by Crippen LogP contribution is 2.23. The van der Waals surface area contributed by atoms with E-state index < -0.39 is 5.97 Å². The van der Waals surface area contributed by atoms with Crippen LogP contribution in [-0.4, -0.2) is 34.5 Å². The van der Waals surface area contributed by atoms with Crippen LogP contribution in [0.4, 0.5) is 0 Å². The molecule has 17 heavy (non-hydrogen) atoms. The van der Waals surface area contributed by atoms with Gasteiger partial charge in [0.2, 0.25) is 0 Å². The molecule has 1 saturated heterocycles. The van der Waals surface area contributed by atoms with E-state index in [4.69, 9.17) is 9.52 Å². The third kappa shape index (κ3) is 2.33. The molecule has 5 nitrogen and oxygen atoms in total. The van der Waals surface area contributed by atoms with Crippen LogP contribution < -0.4 is 0 Å². The highest BCUT2D eigenvalue weighted by molar-refractivity contribution is 5.95. The highest BCUT2D eigenvalue weighted by Gasteiger charge is 2.31. The number of carbonyl (C=O) groups is 2. The summed E-state index contributed by atoms with van der Waals surface area (Å²) in [6, 6.07) is 1.45. The van der Waals surface area contributed by atoms with Crippen molar-refractivity contribution >= 4 is 11.9 Å². The van der Waals surface area contributed by atoms with E-state index in [1.807, 2.05) is 0 Å². The maximum absolute atomic E-state index is 12.2. The summed E-state index contributed by atoms with van der Waals surface area (Å²) < 4.78 is 5.10. The molecule has 1 aromatic rings. The molecule has 1 amide bonds. The van der Waals surface area contributed by atoms with Crippen molar-refractivity contribution in [3.05, 3.63) is 23.7 Å². The van der Waals surface area contributed by atoms with E-state index in [9.17, 15) is 9.59 Å². The quantitative estimate of drug-likeness (QED) is 0.868. The van der Waals surface area contributed by atoms with E-state index in [1.54, 1.807) is 17.9 Å². The molecule has 0 radical (unpaired) electrons. The van der Waals surface area contributed by atoms with Crippen LogP contribution >= 0.6 is 0 Å². The number of rotatable bonds is 3.